The van der Waals surface area contributed by atoms with Gasteiger partial charge in [-0.15, -0.1) is 0 Å². The van der Waals surface area contributed by atoms with Gasteiger partial charge in [0.1, 0.15) is 5.15 Å². The van der Waals surface area contributed by atoms with Gasteiger partial charge in [-0.25, -0.2) is 9.97 Å². The molecule has 0 saturated heterocycles. The van der Waals surface area contributed by atoms with Crippen LogP contribution >= 0.6 is 11.6 Å². The SMILES string of the molecule is Clc1cc(-c2ccccc2)nc(-c2ccc(-c3ccccc3)c3ccccc23)n1. The topological polar surface area (TPSA) is 25.8 Å². The molecule has 4 aromatic carbocycles. The summed E-state index contributed by atoms with van der Waals surface area (Å²) >= 11 is 6.38. The van der Waals surface area contributed by atoms with Gasteiger partial charge in [0.25, 0.3) is 0 Å². The smallest absolute Gasteiger partial charge is 0.162 e. The van der Waals surface area contributed by atoms with Gasteiger partial charge in [0, 0.05) is 17.2 Å². The van der Waals surface area contributed by atoms with Crippen LogP contribution in [0.5, 0.6) is 0 Å². The molecule has 0 aliphatic carbocycles. The van der Waals surface area contributed by atoms with Crippen molar-refractivity contribution in [3.63, 3.8) is 0 Å². The van der Waals surface area contributed by atoms with E-state index < -0.39 is 0 Å². The van der Waals surface area contributed by atoms with Crippen LogP contribution in [0.15, 0.2) is 103 Å². The fraction of sp³-hybridized carbons (Fsp3) is 0. The number of aromatic nitrogens is 2. The lowest BCUT2D eigenvalue weighted by Crippen LogP contribution is -1.94. The van der Waals surface area contributed by atoms with Gasteiger partial charge in [-0.1, -0.05) is 103 Å². The predicted molar refractivity (Wildman–Crippen MR) is 121 cm³/mol. The van der Waals surface area contributed by atoms with Gasteiger partial charge in [0.05, 0.1) is 5.69 Å². The Bertz CT molecular complexity index is 1300. The van der Waals surface area contributed by atoms with Crippen LogP contribution < -0.4 is 0 Å². The van der Waals surface area contributed by atoms with Crippen LogP contribution in [-0.4, -0.2) is 9.97 Å². The summed E-state index contributed by atoms with van der Waals surface area (Å²) in [6.45, 7) is 0. The second-order valence-electron chi connectivity index (χ2n) is 6.84. The second kappa shape index (κ2) is 7.50. The molecule has 29 heavy (non-hydrogen) atoms. The molecule has 0 saturated carbocycles. The molecule has 3 heteroatoms. The van der Waals surface area contributed by atoms with E-state index in [1.54, 1.807) is 6.07 Å². The fourth-order valence-electron chi connectivity index (χ4n) is 3.66. The van der Waals surface area contributed by atoms with E-state index in [0.29, 0.717) is 11.0 Å². The molecule has 1 aromatic heterocycles. The first-order valence-electron chi connectivity index (χ1n) is 9.47. The van der Waals surface area contributed by atoms with Crippen molar-refractivity contribution in [2.75, 3.05) is 0 Å². The van der Waals surface area contributed by atoms with E-state index in [4.69, 9.17) is 16.6 Å². The van der Waals surface area contributed by atoms with E-state index in [9.17, 15) is 0 Å². The first-order chi connectivity index (χ1) is 14.3. The highest BCUT2D eigenvalue weighted by Crippen LogP contribution is 2.35. The Morgan fingerprint density at radius 2 is 1.07 bits per heavy atom. The molecular formula is C26H17ClN2. The monoisotopic (exact) mass is 392 g/mol. The van der Waals surface area contributed by atoms with Crippen molar-refractivity contribution in [1.29, 1.82) is 0 Å². The number of halogens is 1. The van der Waals surface area contributed by atoms with Crippen LogP contribution in [0.25, 0.3) is 44.5 Å². The normalized spacial score (nSPS) is 10.9. The first kappa shape index (κ1) is 17.6. The van der Waals surface area contributed by atoms with Crippen molar-refractivity contribution >= 4 is 22.4 Å². The Labute approximate surface area is 174 Å². The summed E-state index contributed by atoms with van der Waals surface area (Å²) < 4.78 is 0. The summed E-state index contributed by atoms with van der Waals surface area (Å²) in [6.07, 6.45) is 0. The molecule has 0 aliphatic rings. The molecule has 0 atom stereocenters. The second-order valence-corrected chi connectivity index (χ2v) is 7.23. The van der Waals surface area contributed by atoms with Gasteiger partial charge < -0.3 is 0 Å². The highest BCUT2D eigenvalue weighted by Gasteiger charge is 2.13. The molecule has 0 bridgehead atoms. The van der Waals surface area contributed by atoms with Gasteiger partial charge in [-0.2, -0.15) is 0 Å². The number of hydrogen-bond acceptors (Lipinski definition) is 2. The maximum Gasteiger partial charge on any atom is 0.162 e. The van der Waals surface area contributed by atoms with Crippen LogP contribution in [0.4, 0.5) is 0 Å². The molecule has 138 valence electrons. The van der Waals surface area contributed by atoms with E-state index in [-0.39, 0.29) is 0 Å². The van der Waals surface area contributed by atoms with Gasteiger partial charge in [-0.05, 0) is 28.0 Å². The van der Waals surface area contributed by atoms with E-state index in [1.807, 2.05) is 42.5 Å². The third-order valence-electron chi connectivity index (χ3n) is 5.01. The molecule has 5 aromatic rings. The summed E-state index contributed by atoms with van der Waals surface area (Å²) in [5, 5.41) is 2.71. The molecule has 0 N–H and O–H groups in total. The predicted octanol–water partition coefficient (Wildman–Crippen LogP) is 7.28. The highest BCUT2D eigenvalue weighted by molar-refractivity contribution is 6.29. The number of hydrogen-bond donors (Lipinski definition) is 0. The largest absolute Gasteiger partial charge is 0.228 e. The number of benzene rings is 4. The van der Waals surface area contributed by atoms with Crippen LogP contribution in [0.1, 0.15) is 0 Å². The molecule has 2 nitrogen and oxygen atoms in total. The Morgan fingerprint density at radius 1 is 0.517 bits per heavy atom. The number of nitrogens with zero attached hydrogens (tertiary/aromatic N) is 2. The molecule has 1 heterocycles. The van der Waals surface area contributed by atoms with Gasteiger partial charge >= 0.3 is 0 Å². The Balaban J connectivity index is 1.72. The molecule has 0 unspecified atom stereocenters. The van der Waals surface area contributed by atoms with E-state index in [0.717, 1.165) is 22.2 Å². The Kier molecular flexibility index (Phi) is 4.55. The lowest BCUT2D eigenvalue weighted by molar-refractivity contribution is 1.18. The molecule has 0 fully saturated rings. The zero-order valence-electron chi connectivity index (χ0n) is 15.6. The minimum absolute atomic E-state index is 0.435. The van der Waals surface area contributed by atoms with Gasteiger partial charge in [0.2, 0.25) is 0 Å². The standard InChI is InChI=1S/C26H17ClN2/c27-25-17-24(19-11-5-2-6-12-19)28-26(29-25)23-16-15-20(18-9-3-1-4-10-18)21-13-7-8-14-22(21)23/h1-17H. The van der Waals surface area contributed by atoms with Gasteiger partial charge in [0.15, 0.2) is 5.82 Å². The average molecular weight is 393 g/mol. The number of fused-ring (bicyclic) bond motifs is 1. The van der Waals surface area contributed by atoms with Crippen LogP contribution in [-0.2, 0) is 0 Å². The number of rotatable bonds is 3. The minimum Gasteiger partial charge on any atom is -0.228 e. The zero-order valence-corrected chi connectivity index (χ0v) is 16.3. The fourth-order valence-corrected chi connectivity index (χ4v) is 3.84. The molecule has 0 aliphatic heterocycles. The molecule has 5 rings (SSSR count). The van der Waals surface area contributed by atoms with Crippen molar-refractivity contribution in [2.45, 2.75) is 0 Å². The zero-order chi connectivity index (χ0) is 19.6. The van der Waals surface area contributed by atoms with Crippen LogP contribution in [0.3, 0.4) is 0 Å². The lowest BCUT2D eigenvalue weighted by atomic mass is 9.94. The third kappa shape index (κ3) is 3.39. The highest BCUT2D eigenvalue weighted by atomic mass is 35.5. The van der Waals surface area contributed by atoms with Gasteiger partial charge in [-0.3, -0.25) is 0 Å². The minimum atomic E-state index is 0.435. The Hall–Kier alpha value is -3.49. The molecular weight excluding hydrogens is 376 g/mol. The van der Waals surface area contributed by atoms with Crippen molar-refractivity contribution in [3.8, 4) is 33.8 Å². The summed E-state index contributed by atoms with van der Waals surface area (Å²) in [6, 6.07) is 34.8. The van der Waals surface area contributed by atoms with Crippen molar-refractivity contribution in [3.05, 3.63) is 108 Å². The Morgan fingerprint density at radius 3 is 1.76 bits per heavy atom. The summed E-state index contributed by atoms with van der Waals surface area (Å²) in [5.41, 5.74) is 5.18. The van der Waals surface area contributed by atoms with E-state index >= 15 is 0 Å². The van der Waals surface area contributed by atoms with E-state index in [2.05, 4.69) is 59.6 Å². The van der Waals surface area contributed by atoms with Crippen LogP contribution in [0.2, 0.25) is 5.15 Å². The molecule has 0 amide bonds. The van der Waals surface area contributed by atoms with E-state index in [1.165, 1.54) is 16.5 Å². The molecule has 0 radical (unpaired) electrons. The van der Waals surface area contributed by atoms with Crippen molar-refractivity contribution in [2.24, 2.45) is 0 Å². The maximum atomic E-state index is 6.38. The summed E-state index contributed by atoms with van der Waals surface area (Å²) in [7, 11) is 0. The lowest BCUT2D eigenvalue weighted by Gasteiger charge is -2.12. The van der Waals surface area contributed by atoms with Crippen molar-refractivity contribution < 1.29 is 0 Å². The quantitative estimate of drug-likeness (QED) is 0.301. The summed E-state index contributed by atoms with van der Waals surface area (Å²) in [5.74, 6) is 0.632. The maximum absolute atomic E-state index is 6.38. The first-order valence-corrected chi connectivity index (χ1v) is 9.85. The average Bonchev–Trinajstić information content (AvgIpc) is 2.79. The van der Waals surface area contributed by atoms with Crippen molar-refractivity contribution in [1.82, 2.24) is 9.97 Å². The van der Waals surface area contributed by atoms with Crippen LogP contribution in [0, 0.1) is 0 Å². The third-order valence-corrected chi connectivity index (χ3v) is 5.21. The summed E-state index contributed by atoms with van der Waals surface area (Å²) in [4.78, 5) is 9.37. The molecule has 0 spiro atoms.